The standard InChI is InChI=1S/C14H13N3O3/c1-9-6-13(16-8-15-9)17-7-12(14(18)19)20-11-5-3-2-4-10(11)17/h2-6,8,12H,7H2,1H3,(H,18,19). The molecule has 1 atom stereocenters. The largest absolute Gasteiger partial charge is 0.478 e. The summed E-state index contributed by atoms with van der Waals surface area (Å²) in [6.07, 6.45) is 0.554. The van der Waals surface area contributed by atoms with Crippen LogP contribution in [0.25, 0.3) is 0 Å². The Morgan fingerprint density at radius 3 is 2.95 bits per heavy atom. The number of benzene rings is 1. The number of carboxylic acids is 1. The molecule has 6 nitrogen and oxygen atoms in total. The van der Waals surface area contributed by atoms with Crippen LogP contribution in [0.4, 0.5) is 11.5 Å². The molecule has 1 unspecified atom stereocenters. The van der Waals surface area contributed by atoms with Gasteiger partial charge in [0.1, 0.15) is 17.9 Å². The van der Waals surface area contributed by atoms with Gasteiger partial charge < -0.3 is 14.7 Å². The molecule has 20 heavy (non-hydrogen) atoms. The van der Waals surface area contributed by atoms with Crippen LogP contribution in [-0.2, 0) is 4.79 Å². The molecule has 1 aliphatic rings. The molecule has 102 valence electrons. The molecule has 0 fully saturated rings. The summed E-state index contributed by atoms with van der Waals surface area (Å²) in [5, 5.41) is 9.20. The van der Waals surface area contributed by atoms with E-state index in [2.05, 4.69) is 9.97 Å². The van der Waals surface area contributed by atoms with E-state index in [4.69, 9.17) is 4.74 Å². The number of nitrogens with zero attached hydrogens (tertiary/aromatic N) is 3. The number of aryl methyl sites for hydroxylation is 1. The molecule has 0 saturated heterocycles. The molecule has 0 bridgehead atoms. The van der Waals surface area contributed by atoms with Gasteiger partial charge in [0.15, 0.2) is 0 Å². The number of anilines is 2. The minimum absolute atomic E-state index is 0.211. The fourth-order valence-corrected chi connectivity index (χ4v) is 2.17. The molecule has 2 heterocycles. The van der Waals surface area contributed by atoms with Gasteiger partial charge in [-0.2, -0.15) is 0 Å². The fraction of sp³-hybridized carbons (Fsp3) is 0.214. The van der Waals surface area contributed by atoms with E-state index in [1.54, 1.807) is 6.07 Å². The molecule has 1 N–H and O–H groups in total. The van der Waals surface area contributed by atoms with Crippen molar-refractivity contribution in [3.8, 4) is 5.75 Å². The van der Waals surface area contributed by atoms with Gasteiger partial charge in [-0.05, 0) is 19.1 Å². The molecule has 1 aliphatic heterocycles. The second kappa shape index (κ2) is 4.80. The van der Waals surface area contributed by atoms with Gasteiger partial charge >= 0.3 is 5.97 Å². The Balaban J connectivity index is 2.07. The quantitative estimate of drug-likeness (QED) is 0.897. The lowest BCUT2D eigenvalue weighted by molar-refractivity contribution is -0.144. The number of aliphatic carboxylic acids is 1. The van der Waals surface area contributed by atoms with E-state index in [0.29, 0.717) is 11.6 Å². The van der Waals surface area contributed by atoms with Crippen LogP contribution in [0.5, 0.6) is 5.75 Å². The van der Waals surface area contributed by atoms with Crippen molar-refractivity contribution < 1.29 is 14.6 Å². The number of para-hydroxylation sites is 2. The molecule has 0 saturated carbocycles. The Morgan fingerprint density at radius 1 is 1.40 bits per heavy atom. The first kappa shape index (κ1) is 12.4. The molecular formula is C14H13N3O3. The summed E-state index contributed by atoms with van der Waals surface area (Å²) in [4.78, 5) is 21.3. The number of ether oxygens (including phenoxy) is 1. The maximum absolute atomic E-state index is 11.2. The van der Waals surface area contributed by atoms with Crippen LogP contribution in [0.2, 0.25) is 0 Å². The highest BCUT2D eigenvalue weighted by molar-refractivity contribution is 5.78. The smallest absolute Gasteiger partial charge is 0.346 e. The SMILES string of the molecule is Cc1cc(N2CC(C(=O)O)Oc3ccccc32)ncn1. The number of carboxylic acid groups (broad SMARTS) is 1. The van der Waals surface area contributed by atoms with E-state index in [-0.39, 0.29) is 6.54 Å². The van der Waals surface area contributed by atoms with Gasteiger partial charge in [0.2, 0.25) is 6.10 Å². The van der Waals surface area contributed by atoms with E-state index in [9.17, 15) is 9.90 Å². The zero-order chi connectivity index (χ0) is 14.1. The third kappa shape index (κ3) is 2.16. The molecule has 2 aromatic rings. The summed E-state index contributed by atoms with van der Waals surface area (Å²) in [5.74, 6) is 0.220. The molecule has 0 amide bonds. The van der Waals surface area contributed by atoms with Gasteiger partial charge in [-0.25, -0.2) is 14.8 Å². The van der Waals surface area contributed by atoms with E-state index in [0.717, 1.165) is 11.4 Å². The third-order valence-corrected chi connectivity index (χ3v) is 3.12. The zero-order valence-corrected chi connectivity index (χ0v) is 10.9. The molecule has 1 aromatic carbocycles. The monoisotopic (exact) mass is 271 g/mol. The lowest BCUT2D eigenvalue weighted by Crippen LogP contribution is -2.42. The number of carbonyl (C=O) groups is 1. The van der Waals surface area contributed by atoms with E-state index < -0.39 is 12.1 Å². The van der Waals surface area contributed by atoms with E-state index in [1.165, 1.54) is 6.33 Å². The Morgan fingerprint density at radius 2 is 2.20 bits per heavy atom. The summed E-state index contributed by atoms with van der Waals surface area (Å²) in [7, 11) is 0. The lowest BCUT2D eigenvalue weighted by Gasteiger charge is -2.33. The second-order valence-electron chi connectivity index (χ2n) is 4.54. The molecule has 6 heteroatoms. The second-order valence-corrected chi connectivity index (χ2v) is 4.54. The van der Waals surface area contributed by atoms with Crippen LogP contribution < -0.4 is 9.64 Å². The molecule has 0 spiro atoms. The Kier molecular flexibility index (Phi) is 2.98. The minimum atomic E-state index is -0.990. The molecule has 0 aliphatic carbocycles. The summed E-state index contributed by atoms with van der Waals surface area (Å²) < 4.78 is 5.49. The van der Waals surface area contributed by atoms with E-state index in [1.807, 2.05) is 36.1 Å². The zero-order valence-electron chi connectivity index (χ0n) is 10.9. The van der Waals surface area contributed by atoms with Gasteiger partial charge in [-0.15, -0.1) is 0 Å². The summed E-state index contributed by atoms with van der Waals surface area (Å²) in [5.41, 5.74) is 1.63. The Labute approximate surface area is 115 Å². The van der Waals surface area contributed by atoms with Crippen LogP contribution >= 0.6 is 0 Å². The maximum atomic E-state index is 11.2. The third-order valence-electron chi connectivity index (χ3n) is 3.12. The first-order chi connectivity index (χ1) is 9.65. The van der Waals surface area contributed by atoms with Gasteiger partial charge in [0.25, 0.3) is 0 Å². The van der Waals surface area contributed by atoms with Crippen molar-refractivity contribution in [3.63, 3.8) is 0 Å². The summed E-state index contributed by atoms with van der Waals surface area (Å²) >= 11 is 0. The summed E-state index contributed by atoms with van der Waals surface area (Å²) in [6, 6.07) is 9.15. The highest BCUT2D eigenvalue weighted by atomic mass is 16.5. The number of aromatic nitrogens is 2. The van der Waals surface area contributed by atoms with Crippen LogP contribution in [0.15, 0.2) is 36.7 Å². The molecular weight excluding hydrogens is 258 g/mol. The van der Waals surface area contributed by atoms with Crippen LogP contribution in [-0.4, -0.2) is 33.7 Å². The van der Waals surface area contributed by atoms with Crippen molar-refractivity contribution in [1.82, 2.24) is 9.97 Å². The van der Waals surface area contributed by atoms with Crippen molar-refractivity contribution in [3.05, 3.63) is 42.4 Å². The van der Waals surface area contributed by atoms with Crippen molar-refractivity contribution in [2.45, 2.75) is 13.0 Å². The molecule has 3 rings (SSSR count). The number of fused-ring (bicyclic) bond motifs is 1. The fourth-order valence-electron chi connectivity index (χ4n) is 2.17. The number of hydrogen-bond donors (Lipinski definition) is 1. The van der Waals surface area contributed by atoms with Crippen molar-refractivity contribution in [2.24, 2.45) is 0 Å². The van der Waals surface area contributed by atoms with Crippen molar-refractivity contribution >= 4 is 17.5 Å². The first-order valence-corrected chi connectivity index (χ1v) is 6.20. The number of hydrogen-bond acceptors (Lipinski definition) is 5. The topological polar surface area (TPSA) is 75.6 Å². The average molecular weight is 271 g/mol. The van der Waals surface area contributed by atoms with E-state index >= 15 is 0 Å². The molecule has 1 aromatic heterocycles. The highest BCUT2D eigenvalue weighted by Gasteiger charge is 2.31. The maximum Gasteiger partial charge on any atom is 0.346 e. The summed E-state index contributed by atoms with van der Waals surface area (Å²) in [6.45, 7) is 2.08. The minimum Gasteiger partial charge on any atom is -0.478 e. The van der Waals surface area contributed by atoms with Gasteiger partial charge in [-0.1, -0.05) is 12.1 Å². The Bertz CT molecular complexity index is 660. The van der Waals surface area contributed by atoms with Gasteiger partial charge in [0, 0.05) is 11.8 Å². The Hall–Kier alpha value is -2.63. The lowest BCUT2D eigenvalue weighted by atomic mass is 10.2. The predicted molar refractivity (Wildman–Crippen MR) is 72.3 cm³/mol. The van der Waals surface area contributed by atoms with Gasteiger partial charge in [-0.3, -0.25) is 0 Å². The number of rotatable bonds is 2. The van der Waals surface area contributed by atoms with Crippen LogP contribution in [0.1, 0.15) is 5.69 Å². The molecule has 0 radical (unpaired) electrons. The van der Waals surface area contributed by atoms with Crippen LogP contribution in [0, 0.1) is 6.92 Å². The predicted octanol–water partition coefficient (Wildman–Crippen LogP) is 1.77. The first-order valence-electron chi connectivity index (χ1n) is 6.20. The van der Waals surface area contributed by atoms with Gasteiger partial charge in [0.05, 0.1) is 12.2 Å². The van der Waals surface area contributed by atoms with Crippen molar-refractivity contribution in [1.29, 1.82) is 0 Å². The van der Waals surface area contributed by atoms with Crippen LogP contribution in [0.3, 0.4) is 0 Å². The van der Waals surface area contributed by atoms with Crippen molar-refractivity contribution in [2.75, 3.05) is 11.4 Å². The average Bonchev–Trinajstić information content (AvgIpc) is 2.46. The normalized spacial score (nSPS) is 17.2. The highest BCUT2D eigenvalue weighted by Crippen LogP contribution is 2.37.